The fourth-order valence-electron chi connectivity index (χ4n) is 2.91. The third kappa shape index (κ3) is 4.93. The summed E-state index contributed by atoms with van der Waals surface area (Å²) in [5.41, 5.74) is 1.99. The molecule has 8 heteroatoms. The molecule has 0 spiro atoms. The average Bonchev–Trinajstić information content (AvgIpc) is 3.42. The van der Waals surface area contributed by atoms with Gasteiger partial charge in [-0.1, -0.05) is 71.9 Å². The molecule has 4 rings (SSSR count). The molecule has 152 valence electrons. The summed E-state index contributed by atoms with van der Waals surface area (Å²) in [5, 5.41) is 12.8. The number of benzene rings is 2. The van der Waals surface area contributed by atoms with E-state index in [1.165, 1.54) is 11.8 Å². The van der Waals surface area contributed by atoms with Gasteiger partial charge >= 0.3 is 0 Å². The molecule has 0 bridgehead atoms. The van der Waals surface area contributed by atoms with Gasteiger partial charge in [-0.2, -0.15) is 0 Å². The first-order valence-corrected chi connectivity index (χ1v) is 10.7. The summed E-state index contributed by atoms with van der Waals surface area (Å²) in [5.74, 6) is 1.38. The van der Waals surface area contributed by atoms with E-state index in [0.29, 0.717) is 34.9 Å². The van der Waals surface area contributed by atoms with Crippen molar-refractivity contribution in [2.45, 2.75) is 18.2 Å². The van der Waals surface area contributed by atoms with Crippen molar-refractivity contribution in [3.8, 4) is 11.6 Å². The van der Waals surface area contributed by atoms with E-state index in [2.05, 4.69) is 15.5 Å². The Hall–Kier alpha value is -3.03. The molecule has 2 aromatic carbocycles. The van der Waals surface area contributed by atoms with Crippen LogP contribution in [-0.2, 0) is 17.9 Å². The quantitative estimate of drug-likeness (QED) is 0.405. The maximum Gasteiger partial charge on any atom is 0.230 e. The van der Waals surface area contributed by atoms with Crippen LogP contribution in [-0.4, -0.2) is 26.4 Å². The molecule has 30 heavy (non-hydrogen) atoms. The number of hydrogen-bond donors (Lipinski definition) is 1. The average molecular weight is 439 g/mol. The Morgan fingerprint density at radius 3 is 2.60 bits per heavy atom. The molecule has 4 aromatic rings. The number of rotatable bonds is 8. The molecule has 1 amide bonds. The molecule has 0 unspecified atom stereocenters. The van der Waals surface area contributed by atoms with E-state index in [9.17, 15) is 4.79 Å². The van der Waals surface area contributed by atoms with Crippen LogP contribution in [0.1, 0.15) is 11.1 Å². The lowest BCUT2D eigenvalue weighted by molar-refractivity contribution is -0.118. The van der Waals surface area contributed by atoms with Crippen molar-refractivity contribution in [3.63, 3.8) is 0 Å². The van der Waals surface area contributed by atoms with Crippen molar-refractivity contribution in [1.29, 1.82) is 0 Å². The number of carbonyl (C=O) groups is 1. The van der Waals surface area contributed by atoms with Crippen molar-refractivity contribution < 1.29 is 9.21 Å². The Labute approximate surface area is 183 Å². The van der Waals surface area contributed by atoms with E-state index in [-0.39, 0.29) is 11.7 Å². The van der Waals surface area contributed by atoms with Gasteiger partial charge in [0.15, 0.2) is 10.9 Å². The predicted octanol–water partition coefficient (Wildman–Crippen LogP) is 4.65. The standard InChI is InChI=1S/C22H19ClN4O2S/c23-18-10-5-4-9-17(18)13-24-20(28)15-30-22-26-25-21(19-11-6-12-29-19)27(22)14-16-7-2-1-3-8-16/h1-12H,13-15H2,(H,24,28). The third-order valence-electron chi connectivity index (χ3n) is 4.41. The molecule has 0 saturated carbocycles. The van der Waals surface area contributed by atoms with Gasteiger partial charge in [-0.3, -0.25) is 9.36 Å². The highest BCUT2D eigenvalue weighted by Gasteiger charge is 2.17. The minimum atomic E-state index is -0.103. The second-order valence-electron chi connectivity index (χ2n) is 6.51. The lowest BCUT2D eigenvalue weighted by atomic mass is 10.2. The van der Waals surface area contributed by atoms with Crippen molar-refractivity contribution in [2.24, 2.45) is 0 Å². The maximum absolute atomic E-state index is 12.4. The number of thioether (sulfide) groups is 1. The molecule has 0 atom stereocenters. The first kappa shape index (κ1) is 20.3. The Balaban J connectivity index is 1.45. The highest BCUT2D eigenvalue weighted by Crippen LogP contribution is 2.25. The summed E-state index contributed by atoms with van der Waals surface area (Å²) in [7, 11) is 0. The van der Waals surface area contributed by atoms with Crippen molar-refractivity contribution >= 4 is 29.3 Å². The fraction of sp³-hybridized carbons (Fsp3) is 0.136. The van der Waals surface area contributed by atoms with Gasteiger partial charge in [0.05, 0.1) is 18.6 Å². The molecule has 2 aromatic heterocycles. The first-order chi connectivity index (χ1) is 14.7. The van der Waals surface area contributed by atoms with Crippen LogP contribution in [0.4, 0.5) is 0 Å². The number of nitrogens with zero attached hydrogens (tertiary/aromatic N) is 3. The van der Waals surface area contributed by atoms with E-state index in [1.807, 2.05) is 65.2 Å². The molecule has 0 saturated heterocycles. The molecule has 0 radical (unpaired) electrons. The summed E-state index contributed by atoms with van der Waals surface area (Å²) in [4.78, 5) is 12.4. The number of furan rings is 1. The minimum absolute atomic E-state index is 0.103. The number of halogens is 1. The van der Waals surface area contributed by atoms with Gasteiger partial charge in [0.2, 0.25) is 11.7 Å². The normalized spacial score (nSPS) is 10.8. The van der Waals surface area contributed by atoms with E-state index in [1.54, 1.807) is 12.3 Å². The van der Waals surface area contributed by atoms with E-state index in [4.69, 9.17) is 16.0 Å². The van der Waals surface area contributed by atoms with Crippen LogP contribution in [0.3, 0.4) is 0 Å². The van der Waals surface area contributed by atoms with Crippen LogP contribution in [0.2, 0.25) is 5.02 Å². The zero-order valence-electron chi connectivity index (χ0n) is 16.0. The summed E-state index contributed by atoms with van der Waals surface area (Å²) in [6, 6.07) is 21.1. The summed E-state index contributed by atoms with van der Waals surface area (Å²) >= 11 is 7.48. The van der Waals surface area contributed by atoms with Crippen LogP contribution >= 0.6 is 23.4 Å². The van der Waals surface area contributed by atoms with Gasteiger partial charge in [-0.25, -0.2) is 0 Å². The Bertz CT molecular complexity index is 1110. The van der Waals surface area contributed by atoms with Crippen LogP contribution in [0.5, 0.6) is 0 Å². The number of nitrogens with one attached hydrogen (secondary N) is 1. The van der Waals surface area contributed by atoms with Gasteiger partial charge < -0.3 is 9.73 Å². The lowest BCUT2D eigenvalue weighted by Gasteiger charge is -2.10. The summed E-state index contributed by atoms with van der Waals surface area (Å²) in [6.45, 7) is 0.959. The minimum Gasteiger partial charge on any atom is -0.461 e. The molecular formula is C22H19ClN4O2S. The Kier molecular flexibility index (Phi) is 6.51. The highest BCUT2D eigenvalue weighted by molar-refractivity contribution is 7.99. The maximum atomic E-state index is 12.4. The molecule has 0 aliphatic heterocycles. The molecule has 0 aliphatic rings. The zero-order chi connectivity index (χ0) is 20.8. The second kappa shape index (κ2) is 9.65. The SMILES string of the molecule is O=C(CSc1nnc(-c2ccco2)n1Cc1ccccc1)NCc1ccccc1Cl. The Morgan fingerprint density at radius 1 is 1.03 bits per heavy atom. The lowest BCUT2D eigenvalue weighted by Crippen LogP contribution is -2.24. The number of carbonyl (C=O) groups excluding carboxylic acids is 1. The van der Waals surface area contributed by atoms with Crippen LogP contribution in [0.25, 0.3) is 11.6 Å². The molecular weight excluding hydrogens is 420 g/mol. The Morgan fingerprint density at radius 2 is 1.83 bits per heavy atom. The molecule has 0 fully saturated rings. The summed E-state index contributed by atoms with van der Waals surface area (Å²) in [6.07, 6.45) is 1.60. The third-order valence-corrected chi connectivity index (χ3v) is 5.74. The van der Waals surface area contributed by atoms with Crippen molar-refractivity contribution in [1.82, 2.24) is 20.1 Å². The van der Waals surface area contributed by atoms with Crippen molar-refractivity contribution in [2.75, 3.05) is 5.75 Å². The van der Waals surface area contributed by atoms with E-state index >= 15 is 0 Å². The van der Waals surface area contributed by atoms with Gasteiger partial charge in [0, 0.05) is 11.6 Å². The zero-order valence-corrected chi connectivity index (χ0v) is 17.6. The van der Waals surface area contributed by atoms with Crippen LogP contribution in [0, 0.1) is 0 Å². The van der Waals surface area contributed by atoms with E-state index in [0.717, 1.165) is 11.1 Å². The number of amides is 1. The number of hydrogen-bond acceptors (Lipinski definition) is 5. The predicted molar refractivity (Wildman–Crippen MR) is 117 cm³/mol. The highest BCUT2D eigenvalue weighted by atomic mass is 35.5. The van der Waals surface area contributed by atoms with Crippen LogP contribution in [0.15, 0.2) is 82.6 Å². The molecule has 2 heterocycles. The second-order valence-corrected chi connectivity index (χ2v) is 7.86. The van der Waals surface area contributed by atoms with Gasteiger partial charge in [0.25, 0.3) is 0 Å². The fourth-order valence-corrected chi connectivity index (χ4v) is 3.88. The molecule has 0 aliphatic carbocycles. The van der Waals surface area contributed by atoms with Gasteiger partial charge in [-0.05, 0) is 29.3 Å². The number of aromatic nitrogens is 3. The van der Waals surface area contributed by atoms with Crippen LogP contribution < -0.4 is 5.32 Å². The van der Waals surface area contributed by atoms with Crippen molar-refractivity contribution in [3.05, 3.63) is 89.1 Å². The summed E-state index contributed by atoms with van der Waals surface area (Å²) < 4.78 is 7.47. The first-order valence-electron chi connectivity index (χ1n) is 9.34. The topological polar surface area (TPSA) is 73.0 Å². The molecule has 1 N–H and O–H groups in total. The van der Waals surface area contributed by atoms with Gasteiger partial charge in [-0.15, -0.1) is 10.2 Å². The van der Waals surface area contributed by atoms with Gasteiger partial charge in [0.1, 0.15) is 0 Å². The van der Waals surface area contributed by atoms with E-state index < -0.39 is 0 Å². The largest absolute Gasteiger partial charge is 0.461 e. The monoisotopic (exact) mass is 438 g/mol. The molecule has 6 nitrogen and oxygen atoms in total. The smallest absolute Gasteiger partial charge is 0.230 e.